The summed E-state index contributed by atoms with van der Waals surface area (Å²) in [6.07, 6.45) is 3.23. The van der Waals surface area contributed by atoms with Crippen LogP contribution in [0.1, 0.15) is 31.9 Å². The van der Waals surface area contributed by atoms with Crippen LogP contribution < -0.4 is 10.9 Å². The summed E-state index contributed by atoms with van der Waals surface area (Å²) >= 11 is 2.07. The highest BCUT2D eigenvalue weighted by molar-refractivity contribution is 8.00. The van der Waals surface area contributed by atoms with Gasteiger partial charge in [-0.05, 0) is 32.3 Å². The number of rotatable bonds is 6. The molecule has 0 bridgehead atoms. The van der Waals surface area contributed by atoms with Crippen molar-refractivity contribution >= 4 is 17.7 Å². The number of nitrogens with one attached hydrogen (secondary N) is 1. The molecule has 1 atom stereocenters. The van der Waals surface area contributed by atoms with Crippen LogP contribution in [0.15, 0.2) is 28.0 Å². The van der Waals surface area contributed by atoms with Crippen molar-refractivity contribution in [3.63, 3.8) is 0 Å². The molecule has 0 aromatic carbocycles. The number of guanidine groups is 1. The molecular weight excluding hydrogens is 320 g/mol. The van der Waals surface area contributed by atoms with E-state index in [1.165, 1.54) is 12.2 Å². The van der Waals surface area contributed by atoms with Crippen LogP contribution in [0, 0.1) is 6.92 Å². The first kappa shape index (κ1) is 18.9. The number of pyridine rings is 1. The van der Waals surface area contributed by atoms with Gasteiger partial charge < -0.3 is 14.8 Å². The molecule has 24 heavy (non-hydrogen) atoms. The SMILES string of the molecule is CCC1CN(C(=NC)NCCCCn2c(C)cccc2=O)CCS1. The van der Waals surface area contributed by atoms with Crippen molar-refractivity contribution in [1.82, 2.24) is 14.8 Å². The zero-order valence-electron chi connectivity index (χ0n) is 15.1. The Bertz CT molecular complexity index is 599. The van der Waals surface area contributed by atoms with Gasteiger partial charge in [-0.1, -0.05) is 13.0 Å². The van der Waals surface area contributed by atoms with Gasteiger partial charge in [-0.15, -0.1) is 0 Å². The van der Waals surface area contributed by atoms with Crippen LogP contribution in [0.25, 0.3) is 0 Å². The summed E-state index contributed by atoms with van der Waals surface area (Å²) < 4.78 is 1.85. The number of thioether (sulfide) groups is 1. The second-order valence-corrected chi connectivity index (χ2v) is 7.59. The molecule has 1 unspecified atom stereocenters. The summed E-state index contributed by atoms with van der Waals surface area (Å²) in [6.45, 7) is 8.07. The van der Waals surface area contributed by atoms with Crippen LogP contribution in [0.2, 0.25) is 0 Å². The van der Waals surface area contributed by atoms with E-state index in [2.05, 4.69) is 33.9 Å². The normalized spacial score (nSPS) is 18.7. The molecular formula is C18H30N4OS. The maximum Gasteiger partial charge on any atom is 0.250 e. The fourth-order valence-corrected chi connectivity index (χ4v) is 4.18. The highest BCUT2D eigenvalue weighted by Crippen LogP contribution is 2.20. The fourth-order valence-electron chi connectivity index (χ4n) is 3.00. The lowest BCUT2D eigenvalue weighted by molar-refractivity contribution is 0.407. The summed E-state index contributed by atoms with van der Waals surface area (Å²) in [4.78, 5) is 18.6. The smallest absolute Gasteiger partial charge is 0.250 e. The molecule has 1 fully saturated rings. The van der Waals surface area contributed by atoms with Gasteiger partial charge in [0.2, 0.25) is 0 Å². The minimum absolute atomic E-state index is 0.0928. The number of unbranched alkanes of at least 4 members (excludes halogenated alkanes) is 1. The summed E-state index contributed by atoms with van der Waals surface area (Å²) in [6, 6.07) is 5.44. The number of aliphatic imine (C=N–C) groups is 1. The number of aromatic nitrogens is 1. The van der Waals surface area contributed by atoms with Gasteiger partial charge in [0, 0.05) is 56.0 Å². The fraction of sp³-hybridized carbons (Fsp3) is 0.667. The zero-order chi connectivity index (χ0) is 17.4. The monoisotopic (exact) mass is 350 g/mol. The highest BCUT2D eigenvalue weighted by Gasteiger charge is 2.21. The molecule has 134 valence electrons. The lowest BCUT2D eigenvalue weighted by Crippen LogP contribution is -2.48. The maximum atomic E-state index is 11.8. The molecule has 1 N–H and O–H groups in total. The Balaban J connectivity index is 1.73. The quantitative estimate of drug-likeness (QED) is 0.486. The third-order valence-corrected chi connectivity index (χ3v) is 5.84. The van der Waals surface area contributed by atoms with E-state index < -0.39 is 0 Å². The Kier molecular flexibility index (Phi) is 7.69. The van der Waals surface area contributed by atoms with Crippen LogP contribution >= 0.6 is 11.8 Å². The van der Waals surface area contributed by atoms with Crippen LogP contribution in [-0.2, 0) is 6.54 Å². The Morgan fingerprint density at radius 3 is 2.96 bits per heavy atom. The largest absolute Gasteiger partial charge is 0.356 e. The van der Waals surface area contributed by atoms with Crippen molar-refractivity contribution in [2.24, 2.45) is 4.99 Å². The van der Waals surface area contributed by atoms with E-state index in [0.717, 1.165) is 50.7 Å². The predicted octanol–water partition coefficient (Wildman–Crippen LogP) is 2.34. The van der Waals surface area contributed by atoms with Crippen molar-refractivity contribution in [2.75, 3.05) is 32.4 Å². The third kappa shape index (κ3) is 5.30. The van der Waals surface area contributed by atoms with Gasteiger partial charge in [0.1, 0.15) is 0 Å². The molecule has 0 radical (unpaired) electrons. The topological polar surface area (TPSA) is 49.6 Å². The van der Waals surface area contributed by atoms with E-state index in [1.54, 1.807) is 6.07 Å². The molecule has 1 aliphatic heterocycles. The Labute approximate surface area is 149 Å². The first-order valence-corrected chi connectivity index (χ1v) is 9.94. The van der Waals surface area contributed by atoms with Gasteiger partial charge in [-0.25, -0.2) is 0 Å². The lowest BCUT2D eigenvalue weighted by Gasteiger charge is -2.34. The van der Waals surface area contributed by atoms with Crippen LogP contribution in [0.5, 0.6) is 0 Å². The minimum Gasteiger partial charge on any atom is -0.356 e. The molecule has 2 heterocycles. The van der Waals surface area contributed by atoms with Crippen molar-refractivity contribution in [2.45, 2.75) is 44.9 Å². The lowest BCUT2D eigenvalue weighted by atomic mass is 10.2. The summed E-state index contributed by atoms with van der Waals surface area (Å²) in [5, 5.41) is 4.19. The third-order valence-electron chi connectivity index (χ3n) is 4.47. The van der Waals surface area contributed by atoms with Crippen molar-refractivity contribution < 1.29 is 0 Å². The van der Waals surface area contributed by atoms with Crippen LogP contribution in [0.4, 0.5) is 0 Å². The Morgan fingerprint density at radius 1 is 1.42 bits per heavy atom. The first-order chi connectivity index (χ1) is 11.7. The predicted molar refractivity (Wildman–Crippen MR) is 104 cm³/mol. The summed E-state index contributed by atoms with van der Waals surface area (Å²) in [5.41, 5.74) is 1.12. The molecule has 5 nitrogen and oxygen atoms in total. The average Bonchev–Trinajstić information content (AvgIpc) is 2.60. The summed E-state index contributed by atoms with van der Waals surface area (Å²) in [5.74, 6) is 2.19. The van der Waals surface area contributed by atoms with E-state index in [4.69, 9.17) is 0 Å². The van der Waals surface area contributed by atoms with Crippen molar-refractivity contribution in [1.29, 1.82) is 0 Å². The van der Waals surface area contributed by atoms with Gasteiger partial charge >= 0.3 is 0 Å². The van der Waals surface area contributed by atoms with E-state index in [-0.39, 0.29) is 5.56 Å². The molecule has 0 aliphatic carbocycles. The van der Waals surface area contributed by atoms with Gasteiger partial charge in [0.25, 0.3) is 5.56 Å². The molecule has 1 aliphatic rings. The van der Waals surface area contributed by atoms with Gasteiger partial charge in [-0.2, -0.15) is 11.8 Å². The van der Waals surface area contributed by atoms with Gasteiger partial charge in [-0.3, -0.25) is 9.79 Å². The zero-order valence-corrected chi connectivity index (χ0v) is 15.9. The van der Waals surface area contributed by atoms with E-state index >= 15 is 0 Å². The van der Waals surface area contributed by atoms with Crippen molar-refractivity contribution in [3.05, 3.63) is 34.2 Å². The molecule has 1 aromatic rings. The molecule has 0 saturated carbocycles. The standard InChI is InChI=1S/C18H30N4OS/c1-4-16-14-21(12-13-24-16)18(19-3)20-10-5-6-11-22-15(2)8-7-9-17(22)23/h7-9,16H,4-6,10-14H2,1-3H3,(H,19,20). The number of hydrogen-bond acceptors (Lipinski definition) is 3. The van der Waals surface area contributed by atoms with Gasteiger partial charge in [0.15, 0.2) is 5.96 Å². The van der Waals surface area contributed by atoms with Crippen LogP contribution in [-0.4, -0.2) is 53.1 Å². The van der Waals surface area contributed by atoms with Crippen LogP contribution in [0.3, 0.4) is 0 Å². The molecule has 0 spiro atoms. The molecule has 1 saturated heterocycles. The maximum absolute atomic E-state index is 11.8. The van der Waals surface area contributed by atoms with Gasteiger partial charge in [0.05, 0.1) is 0 Å². The molecule has 6 heteroatoms. The summed E-state index contributed by atoms with van der Waals surface area (Å²) in [7, 11) is 1.86. The van der Waals surface area contributed by atoms with E-state index in [0.29, 0.717) is 5.25 Å². The molecule has 2 rings (SSSR count). The van der Waals surface area contributed by atoms with E-state index in [1.807, 2.05) is 30.7 Å². The number of hydrogen-bond donors (Lipinski definition) is 1. The second kappa shape index (κ2) is 9.77. The minimum atomic E-state index is 0.0928. The molecule has 0 amide bonds. The highest BCUT2D eigenvalue weighted by atomic mass is 32.2. The Hall–Kier alpha value is -1.43. The Morgan fingerprint density at radius 2 is 2.25 bits per heavy atom. The average molecular weight is 351 g/mol. The van der Waals surface area contributed by atoms with E-state index in [9.17, 15) is 4.79 Å². The first-order valence-electron chi connectivity index (χ1n) is 8.89. The molecule has 1 aromatic heterocycles. The number of aryl methyl sites for hydroxylation is 1. The second-order valence-electron chi connectivity index (χ2n) is 6.19. The van der Waals surface area contributed by atoms with Crippen molar-refractivity contribution in [3.8, 4) is 0 Å². The number of nitrogens with zero attached hydrogens (tertiary/aromatic N) is 3.